The van der Waals surface area contributed by atoms with Crippen LogP contribution in [0.4, 0.5) is 0 Å². The van der Waals surface area contributed by atoms with E-state index in [1.165, 1.54) is 5.56 Å². The fraction of sp³-hybridized carbons (Fsp3) is 0.267. The Labute approximate surface area is 127 Å². The Morgan fingerprint density at radius 2 is 1.95 bits per heavy atom. The van der Waals surface area contributed by atoms with Crippen LogP contribution in [0.3, 0.4) is 0 Å². The first kappa shape index (κ1) is 15.0. The van der Waals surface area contributed by atoms with Gasteiger partial charge in [-0.3, -0.25) is 16.3 Å². The van der Waals surface area contributed by atoms with Gasteiger partial charge >= 0.3 is 0 Å². The molecule has 106 valence electrons. The number of halogens is 1. The molecule has 1 heterocycles. The molecule has 0 aliphatic carbocycles. The van der Waals surface area contributed by atoms with E-state index < -0.39 is 0 Å². The molecule has 0 fully saturated rings. The van der Waals surface area contributed by atoms with Gasteiger partial charge in [-0.15, -0.1) is 0 Å². The molecular formula is C15H18BrN3O. The van der Waals surface area contributed by atoms with Crippen molar-refractivity contribution in [3.8, 4) is 5.75 Å². The fourth-order valence-electron chi connectivity index (χ4n) is 2.02. The second-order valence-electron chi connectivity index (χ2n) is 4.59. The first-order valence-corrected chi connectivity index (χ1v) is 7.20. The monoisotopic (exact) mass is 335 g/mol. The maximum Gasteiger partial charge on any atom is 0.118 e. The van der Waals surface area contributed by atoms with Crippen LogP contribution < -0.4 is 16.0 Å². The van der Waals surface area contributed by atoms with Gasteiger partial charge in [0, 0.05) is 28.8 Å². The highest BCUT2D eigenvalue weighted by atomic mass is 79.9. The lowest BCUT2D eigenvalue weighted by Gasteiger charge is -2.15. The largest absolute Gasteiger partial charge is 0.497 e. The second-order valence-corrected chi connectivity index (χ2v) is 5.50. The predicted octanol–water partition coefficient (Wildman–Crippen LogP) is 2.47. The molecule has 5 heteroatoms. The summed E-state index contributed by atoms with van der Waals surface area (Å²) >= 11 is 3.38. The Kier molecular flexibility index (Phi) is 5.52. The summed E-state index contributed by atoms with van der Waals surface area (Å²) in [6.07, 6.45) is 3.43. The molecular weight excluding hydrogens is 318 g/mol. The molecule has 0 aliphatic heterocycles. The highest BCUT2D eigenvalue weighted by Gasteiger charge is 2.10. The van der Waals surface area contributed by atoms with Gasteiger partial charge < -0.3 is 4.74 Å². The summed E-state index contributed by atoms with van der Waals surface area (Å²) in [5.74, 6) is 6.50. The lowest BCUT2D eigenvalue weighted by Crippen LogP contribution is -2.38. The minimum absolute atomic E-state index is 0.150. The Hall–Kier alpha value is -1.43. The average molecular weight is 336 g/mol. The van der Waals surface area contributed by atoms with E-state index in [-0.39, 0.29) is 6.04 Å². The normalized spacial score (nSPS) is 12.2. The molecule has 2 rings (SSSR count). The fourth-order valence-corrected chi connectivity index (χ4v) is 2.25. The smallest absolute Gasteiger partial charge is 0.118 e. The number of rotatable bonds is 6. The van der Waals surface area contributed by atoms with Gasteiger partial charge in [0.05, 0.1) is 7.11 Å². The lowest BCUT2D eigenvalue weighted by atomic mass is 10.0. The number of aromatic nitrogens is 1. The molecule has 2 aromatic rings. The van der Waals surface area contributed by atoms with Crippen molar-refractivity contribution in [1.82, 2.24) is 10.4 Å². The molecule has 4 nitrogen and oxygen atoms in total. The van der Waals surface area contributed by atoms with Gasteiger partial charge in [0.1, 0.15) is 5.75 Å². The third kappa shape index (κ3) is 4.30. The molecule has 0 bridgehead atoms. The second kappa shape index (κ2) is 7.38. The Morgan fingerprint density at radius 1 is 1.20 bits per heavy atom. The maximum absolute atomic E-state index is 5.64. The van der Waals surface area contributed by atoms with Gasteiger partial charge in [0.15, 0.2) is 0 Å². The van der Waals surface area contributed by atoms with Crippen molar-refractivity contribution in [2.24, 2.45) is 5.84 Å². The number of pyridine rings is 1. The molecule has 0 saturated carbocycles. The van der Waals surface area contributed by atoms with Crippen molar-refractivity contribution in [2.75, 3.05) is 7.11 Å². The van der Waals surface area contributed by atoms with Gasteiger partial charge in [0.25, 0.3) is 0 Å². The van der Waals surface area contributed by atoms with Crippen LogP contribution in [0.1, 0.15) is 11.3 Å². The molecule has 1 aromatic heterocycles. The Morgan fingerprint density at radius 3 is 2.50 bits per heavy atom. The minimum atomic E-state index is 0.150. The number of benzene rings is 1. The third-order valence-electron chi connectivity index (χ3n) is 3.12. The van der Waals surface area contributed by atoms with Crippen molar-refractivity contribution in [1.29, 1.82) is 0 Å². The summed E-state index contributed by atoms with van der Waals surface area (Å²) in [6.45, 7) is 0. The van der Waals surface area contributed by atoms with Gasteiger partial charge in [-0.25, -0.2) is 0 Å². The van der Waals surface area contributed by atoms with Gasteiger partial charge in [-0.1, -0.05) is 12.1 Å². The highest BCUT2D eigenvalue weighted by Crippen LogP contribution is 2.14. The molecule has 1 aromatic carbocycles. The van der Waals surface area contributed by atoms with Gasteiger partial charge in [-0.2, -0.15) is 0 Å². The molecule has 0 amide bonds. The number of hydrazine groups is 1. The standard InChI is InChI=1S/C15H18BrN3O/c1-20-15-6-2-11(3-7-15)8-14(19-17)9-13-5-4-12(16)10-18-13/h2-7,10,14,19H,8-9,17H2,1H3. The number of nitrogens with zero attached hydrogens (tertiary/aromatic N) is 1. The molecule has 1 unspecified atom stereocenters. The van der Waals surface area contributed by atoms with Crippen molar-refractivity contribution in [2.45, 2.75) is 18.9 Å². The number of methoxy groups -OCH3 is 1. The van der Waals surface area contributed by atoms with E-state index in [4.69, 9.17) is 10.6 Å². The van der Waals surface area contributed by atoms with Crippen LogP contribution in [0.15, 0.2) is 47.1 Å². The van der Waals surface area contributed by atoms with Gasteiger partial charge in [-0.05, 0) is 52.2 Å². The zero-order valence-corrected chi connectivity index (χ0v) is 12.9. The molecule has 0 saturated heterocycles. The zero-order chi connectivity index (χ0) is 14.4. The molecule has 3 N–H and O–H groups in total. The van der Waals surface area contributed by atoms with Crippen LogP contribution >= 0.6 is 15.9 Å². The SMILES string of the molecule is COc1ccc(CC(Cc2ccc(Br)cn2)NN)cc1. The summed E-state index contributed by atoms with van der Waals surface area (Å²) < 4.78 is 6.13. The summed E-state index contributed by atoms with van der Waals surface area (Å²) in [6, 6.07) is 12.2. The van der Waals surface area contributed by atoms with Crippen LogP contribution in [-0.2, 0) is 12.8 Å². The van der Waals surface area contributed by atoms with E-state index >= 15 is 0 Å². The van der Waals surface area contributed by atoms with Crippen LogP contribution in [-0.4, -0.2) is 18.1 Å². The van der Waals surface area contributed by atoms with Crippen LogP contribution in [0.25, 0.3) is 0 Å². The Bertz CT molecular complexity index is 528. The molecule has 0 spiro atoms. The molecule has 0 radical (unpaired) electrons. The highest BCUT2D eigenvalue weighted by molar-refractivity contribution is 9.10. The van der Waals surface area contributed by atoms with E-state index in [9.17, 15) is 0 Å². The summed E-state index contributed by atoms with van der Waals surface area (Å²) in [7, 11) is 1.67. The van der Waals surface area contributed by atoms with Gasteiger partial charge in [0.2, 0.25) is 0 Å². The number of ether oxygens (including phenoxy) is 1. The van der Waals surface area contributed by atoms with E-state index in [0.717, 1.165) is 28.8 Å². The number of nitrogens with one attached hydrogen (secondary N) is 1. The summed E-state index contributed by atoms with van der Waals surface area (Å²) in [5.41, 5.74) is 5.09. The summed E-state index contributed by atoms with van der Waals surface area (Å²) in [4.78, 5) is 4.37. The summed E-state index contributed by atoms with van der Waals surface area (Å²) in [5, 5.41) is 0. The average Bonchev–Trinajstić information content (AvgIpc) is 2.49. The van der Waals surface area contributed by atoms with Crippen LogP contribution in [0.5, 0.6) is 5.75 Å². The van der Waals surface area contributed by atoms with Crippen LogP contribution in [0, 0.1) is 0 Å². The van der Waals surface area contributed by atoms with E-state index in [2.05, 4.69) is 38.5 Å². The van der Waals surface area contributed by atoms with Crippen LogP contribution in [0.2, 0.25) is 0 Å². The molecule has 20 heavy (non-hydrogen) atoms. The molecule has 1 atom stereocenters. The lowest BCUT2D eigenvalue weighted by molar-refractivity contribution is 0.414. The third-order valence-corrected chi connectivity index (χ3v) is 3.59. The van der Waals surface area contributed by atoms with Crippen molar-refractivity contribution in [3.63, 3.8) is 0 Å². The quantitative estimate of drug-likeness (QED) is 0.628. The van der Waals surface area contributed by atoms with Crippen molar-refractivity contribution >= 4 is 15.9 Å². The van der Waals surface area contributed by atoms with Crippen molar-refractivity contribution < 1.29 is 4.74 Å². The first-order chi connectivity index (χ1) is 9.71. The minimum Gasteiger partial charge on any atom is -0.497 e. The maximum atomic E-state index is 5.64. The predicted molar refractivity (Wildman–Crippen MR) is 83.5 cm³/mol. The van der Waals surface area contributed by atoms with E-state index in [0.29, 0.717) is 0 Å². The van der Waals surface area contributed by atoms with Crippen molar-refractivity contribution in [3.05, 3.63) is 58.3 Å². The topological polar surface area (TPSA) is 60.2 Å². The Balaban J connectivity index is 1.99. The molecule has 0 aliphatic rings. The van der Waals surface area contributed by atoms with E-state index in [1.54, 1.807) is 13.3 Å². The zero-order valence-electron chi connectivity index (χ0n) is 11.3. The number of hydrogen-bond acceptors (Lipinski definition) is 4. The first-order valence-electron chi connectivity index (χ1n) is 6.40. The number of nitrogens with two attached hydrogens (primary N) is 1. The van der Waals surface area contributed by atoms with E-state index in [1.807, 2.05) is 24.3 Å². The number of hydrogen-bond donors (Lipinski definition) is 2.